The zero-order chi connectivity index (χ0) is 15.0. The van der Waals surface area contributed by atoms with Crippen LogP contribution in [-0.4, -0.2) is 10.8 Å². The molecule has 0 saturated carbocycles. The molecule has 3 aromatic rings. The van der Waals surface area contributed by atoms with Crippen LogP contribution in [0.2, 0.25) is 10.0 Å². The lowest BCUT2D eigenvalue weighted by Gasteiger charge is -2.07. The van der Waals surface area contributed by atoms with Crippen LogP contribution in [0.15, 0.2) is 48.7 Å². The highest BCUT2D eigenvalue weighted by molar-refractivity contribution is 6.39. The first-order valence-electron chi connectivity index (χ1n) is 6.20. The molecule has 2 aromatic carbocycles. The minimum atomic E-state index is -0.162. The molecular weight excluding hydrogens is 307 g/mol. The van der Waals surface area contributed by atoms with E-state index < -0.39 is 0 Å². The van der Waals surface area contributed by atoms with Crippen molar-refractivity contribution in [3.63, 3.8) is 0 Å². The number of halogens is 2. The number of rotatable bonds is 2. The highest BCUT2D eigenvalue weighted by Crippen LogP contribution is 2.30. The minimum Gasteiger partial charge on any atom is -0.396 e. The van der Waals surface area contributed by atoms with Gasteiger partial charge in [-0.05, 0) is 36.4 Å². The third kappa shape index (κ3) is 2.58. The molecule has 104 valence electrons. The summed E-state index contributed by atoms with van der Waals surface area (Å²) in [5.74, 6) is -0.162. The number of hydrogen-bond acceptors (Lipinski definition) is 3. The summed E-state index contributed by atoms with van der Waals surface area (Å²) < 4.78 is 0. The number of nitrogen functional groups attached to an aromatic ring is 1. The summed E-state index contributed by atoms with van der Waals surface area (Å²) in [5.41, 5.74) is 7.75. The largest absolute Gasteiger partial charge is 0.396 e. The molecular formula is C16H10Cl2N2O. The molecule has 2 N–H and O–H groups in total. The Balaban J connectivity index is 2.08. The van der Waals surface area contributed by atoms with E-state index in [9.17, 15) is 4.79 Å². The molecule has 3 rings (SSSR count). The van der Waals surface area contributed by atoms with Crippen molar-refractivity contribution in [2.24, 2.45) is 0 Å². The molecule has 1 aromatic heterocycles. The Bertz CT molecular complexity index is 839. The topological polar surface area (TPSA) is 56.0 Å². The van der Waals surface area contributed by atoms with Crippen molar-refractivity contribution in [3.8, 4) is 0 Å². The lowest BCUT2D eigenvalue weighted by molar-refractivity contribution is 0.103. The Morgan fingerprint density at radius 2 is 1.71 bits per heavy atom. The number of fused-ring (bicyclic) bond motifs is 1. The number of benzene rings is 2. The van der Waals surface area contributed by atoms with E-state index >= 15 is 0 Å². The smallest absolute Gasteiger partial charge is 0.193 e. The first-order chi connectivity index (χ1) is 10.1. The van der Waals surface area contributed by atoms with E-state index in [1.807, 2.05) is 18.2 Å². The molecule has 0 aliphatic rings. The van der Waals surface area contributed by atoms with Crippen LogP contribution in [0.1, 0.15) is 15.9 Å². The van der Waals surface area contributed by atoms with Crippen molar-refractivity contribution in [3.05, 3.63) is 69.8 Å². The van der Waals surface area contributed by atoms with Gasteiger partial charge in [-0.1, -0.05) is 29.3 Å². The number of ketones is 1. The average molecular weight is 317 g/mol. The molecule has 0 saturated heterocycles. The van der Waals surface area contributed by atoms with Gasteiger partial charge in [-0.15, -0.1) is 0 Å². The van der Waals surface area contributed by atoms with Crippen LogP contribution in [0, 0.1) is 0 Å². The zero-order valence-electron chi connectivity index (χ0n) is 10.8. The summed E-state index contributed by atoms with van der Waals surface area (Å²) in [5, 5.41) is 1.44. The van der Waals surface area contributed by atoms with E-state index in [1.54, 1.807) is 18.3 Å². The van der Waals surface area contributed by atoms with E-state index in [4.69, 9.17) is 28.9 Å². The second-order valence-electron chi connectivity index (χ2n) is 4.59. The first-order valence-corrected chi connectivity index (χ1v) is 6.96. The predicted octanol–water partition coefficient (Wildman–Crippen LogP) is 4.35. The maximum absolute atomic E-state index is 12.5. The number of hydrogen-bond donors (Lipinski definition) is 1. The van der Waals surface area contributed by atoms with Crippen molar-refractivity contribution in [2.45, 2.75) is 0 Å². The Morgan fingerprint density at radius 1 is 1.00 bits per heavy atom. The SMILES string of the molecule is Nc1c(Cl)cc(C(=O)c2ccc3ncccc3c2)cc1Cl. The van der Waals surface area contributed by atoms with Crippen LogP contribution in [0.4, 0.5) is 5.69 Å². The molecule has 0 bridgehead atoms. The standard InChI is InChI=1S/C16H10Cl2N2O/c17-12-7-11(8-13(18)15(12)19)16(21)10-3-4-14-9(6-10)2-1-5-20-14/h1-8H,19H2. The molecule has 1 heterocycles. The molecule has 0 aliphatic carbocycles. The number of carbonyl (C=O) groups is 1. The Morgan fingerprint density at radius 3 is 2.43 bits per heavy atom. The monoisotopic (exact) mass is 316 g/mol. The summed E-state index contributed by atoms with van der Waals surface area (Å²) in [6.45, 7) is 0. The Labute approximate surface area is 131 Å². The van der Waals surface area contributed by atoms with Gasteiger partial charge in [-0.3, -0.25) is 9.78 Å². The van der Waals surface area contributed by atoms with Crippen molar-refractivity contribution < 1.29 is 4.79 Å². The maximum atomic E-state index is 12.5. The number of aromatic nitrogens is 1. The van der Waals surface area contributed by atoms with E-state index in [-0.39, 0.29) is 21.5 Å². The van der Waals surface area contributed by atoms with Gasteiger partial charge in [-0.2, -0.15) is 0 Å². The van der Waals surface area contributed by atoms with Gasteiger partial charge in [0.2, 0.25) is 0 Å². The van der Waals surface area contributed by atoms with Gasteiger partial charge in [0, 0.05) is 22.7 Å². The summed E-state index contributed by atoms with van der Waals surface area (Å²) in [6, 6.07) is 12.1. The first kappa shape index (κ1) is 13.9. The molecule has 0 radical (unpaired) electrons. The van der Waals surface area contributed by atoms with Crippen LogP contribution >= 0.6 is 23.2 Å². The lowest BCUT2D eigenvalue weighted by Crippen LogP contribution is -2.02. The van der Waals surface area contributed by atoms with Crippen molar-refractivity contribution in [2.75, 3.05) is 5.73 Å². The summed E-state index contributed by atoms with van der Waals surface area (Å²) in [7, 11) is 0. The fourth-order valence-corrected chi connectivity index (χ4v) is 2.59. The third-order valence-corrected chi connectivity index (χ3v) is 3.83. The molecule has 0 aliphatic heterocycles. The molecule has 0 atom stereocenters. The van der Waals surface area contributed by atoms with Crippen molar-refractivity contribution >= 4 is 45.6 Å². The second-order valence-corrected chi connectivity index (χ2v) is 5.41. The third-order valence-electron chi connectivity index (χ3n) is 3.21. The van der Waals surface area contributed by atoms with E-state index in [1.165, 1.54) is 12.1 Å². The molecule has 0 unspecified atom stereocenters. The van der Waals surface area contributed by atoms with Crippen LogP contribution < -0.4 is 5.73 Å². The van der Waals surface area contributed by atoms with Gasteiger partial charge in [0.25, 0.3) is 0 Å². The Kier molecular flexibility index (Phi) is 3.53. The fraction of sp³-hybridized carbons (Fsp3) is 0. The molecule has 21 heavy (non-hydrogen) atoms. The van der Waals surface area contributed by atoms with Crippen LogP contribution in [0.3, 0.4) is 0 Å². The van der Waals surface area contributed by atoms with Gasteiger partial charge in [0.1, 0.15) is 0 Å². The maximum Gasteiger partial charge on any atom is 0.193 e. The zero-order valence-corrected chi connectivity index (χ0v) is 12.3. The lowest BCUT2D eigenvalue weighted by atomic mass is 10.0. The molecule has 0 fully saturated rings. The van der Waals surface area contributed by atoms with Crippen LogP contribution in [0.25, 0.3) is 10.9 Å². The average Bonchev–Trinajstić information content (AvgIpc) is 2.51. The van der Waals surface area contributed by atoms with Gasteiger partial charge in [0.15, 0.2) is 5.78 Å². The quantitative estimate of drug-likeness (QED) is 0.564. The van der Waals surface area contributed by atoms with Gasteiger partial charge in [-0.25, -0.2) is 0 Å². The second kappa shape index (κ2) is 5.35. The molecule has 0 spiro atoms. The molecule has 3 nitrogen and oxygen atoms in total. The van der Waals surface area contributed by atoms with Crippen molar-refractivity contribution in [1.82, 2.24) is 4.98 Å². The van der Waals surface area contributed by atoms with E-state index in [0.717, 1.165) is 10.9 Å². The van der Waals surface area contributed by atoms with Crippen molar-refractivity contribution in [1.29, 1.82) is 0 Å². The molecule has 5 heteroatoms. The number of nitrogens with zero attached hydrogens (tertiary/aromatic N) is 1. The Hall–Kier alpha value is -2.10. The fourth-order valence-electron chi connectivity index (χ4n) is 2.10. The number of pyridine rings is 1. The number of anilines is 1. The van der Waals surface area contributed by atoms with Crippen LogP contribution in [-0.2, 0) is 0 Å². The predicted molar refractivity (Wildman–Crippen MR) is 86.0 cm³/mol. The van der Waals surface area contributed by atoms with E-state index in [2.05, 4.69) is 4.98 Å². The highest BCUT2D eigenvalue weighted by Gasteiger charge is 2.13. The van der Waals surface area contributed by atoms with E-state index in [0.29, 0.717) is 11.1 Å². The molecule has 0 amide bonds. The number of carbonyl (C=O) groups excluding carboxylic acids is 1. The summed E-state index contributed by atoms with van der Waals surface area (Å²) in [6.07, 6.45) is 1.71. The summed E-state index contributed by atoms with van der Waals surface area (Å²) >= 11 is 11.9. The highest BCUT2D eigenvalue weighted by atomic mass is 35.5. The summed E-state index contributed by atoms with van der Waals surface area (Å²) in [4.78, 5) is 16.8. The van der Waals surface area contributed by atoms with Gasteiger partial charge in [0.05, 0.1) is 21.2 Å². The number of nitrogens with two attached hydrogens (primary N) is 1. The van der Waals surface area contributed by atoms with Gasteiger partial charge < -0.3 is 5.73 Å². The van der Waals surface area contributed by atoms with Gasteiger partial charge >= 0.3 is 0 Å². The van der Waals surface area contributed by atoms with Crippen LogP contribution in [0.5, 0.6) is 0 Å². The normalized spacial score (nSPS) is 10.8. The minimum absolute atomic E-state index is 0.162.